The lowest BCUT2D eigenvalue weighted by Crippen LogP contribution is -2.24. The number of pyridine rings is 1. The molecular formula is C15H18N2O. The maximum Gasteiger partial charge on any atom is 0.0626 e. The molecule has 0 aliphatic rings. The van der Waals surface area contributed by atoms with Gasteiger partial charge in [0.2, 0.25) is 0 Å². The van der Waals surface area contributed by atoms with Crippen molar-refractivity contribution in [2.45, 2.75) is 19.5 Å². The summed E-state index contributed by atoms with van der Waals surface area (Å²) in [6.07, 6.45) is 1.79. The van der Waals surface area contributed by atoms with E-state index in [1.165, 1.54) is 0 Å². The molecule has 2 N–H and O–H groups in total. The number of aliphatic hydroxyl groups is 1. The molecule has 1 aromatic heterocycles. The van der Waals surface area contributed by atoms with E-state index >= 15 is 0 Å². The first-order chi connectivity index (χ1) is 8.81. The Morgan fingerprint density at radius 2 is 1.94 bits per heavy atom. The molecule has 2 rings (SSSR count). The number of benzene rings is 1. The molecule has 1 heterocycles. The first-order valence-corrected chi connectivity index (χ1v) is 6.11. The van der Waals surface area contributed by atoms with Crippen molar-refractivity contribution in [3.63, 3.8) is 0 Å². The molecule has 0 saturated carbocycles. The molecule has 94 valence electrons. The standard InChI is InChI=1S/C15H18N2O/c1-12-14(8-5-9-16-12)10-17-15(11-18)13-6-3-2-4-7-13/h2-9,15,17-18H,10-11H2,1H3. The Morgan fingerprint density at radius 3 is 2.61 bits per heavy atom. The highest BCUT2D eigenvalue weighted by Gasteiger charge is 2.09. The van der Waals surface area contributed by atoms with Crippen molar-refractivity contribution in [2.75, 3.05) is 6.61 Å². The Hall–Kier alpha value is -1.71. The van der Waals surface area contributed by atoms with Crippen molar-refractivity contribution >= 4 is 0 Å². The van der Waals surface area contributed by atoms with Crippen LogP contribution in [0.2, 0.25) is 0 Å². The van der Waals surface area contributed by atoms with Crippen LogP contribution in [0.25, 0.3) is 0 Å². The van der Waals surface area contributed by atoms with Crippen molar-refractivity contribution in [1.29, 1.82) is 0 Å². The Balaban J connectivity index is 2.02. The minimum atomic E-state index is -0.0363. The zero-order valence-electron chi connectivity index (χ0n) is 10.5. The number of nitrogens with one attached hydrogen (secondary N) is 1. The minimum Gasteiger partial charge on any atom is -0.394 e. The summed E-state index contributed by atoms with van der Waals surface area (Å²) in [4.78, 5) is 4.25. The molecule has 0 bridgehead atoms. The number of hydrogen-bond acceptors (Lipinski definition) is 3. The molecule has 1 unspecified atom stereocenters. The SMILES string of the molecule is Cc1ncccc1CNC(CO)c1ccccc1. The molecule has 0 aliphatic heterocycles. The number of aryl methyl sites for hydroxylation is 1. The minimum absolute atomic E-state index is 0.0363. The first-order valence-electron chi connectivity index (χ1n) is 6.11. The smallest absolute Gasteiger partial charge is 0.0626 e. The summed E-state index contributed by atoms with van der Waals surface area (Å²) >= 11 is 0. The van der Waals surface area contributed by atoms with Gasteiger partial charge in [0.1, 0.15) is 0 Å². The van der Waals surface area contributed by atoms with Crippen LogP contribution in [0.5, 0.6) is 0 Å². The van der Waals surface area contributed by atoms with Crippen molar-refractivity contribution < 1.29 is 5.11 Å². The van der Waals surface area contributed by atoms with Crippen LogP contribution in [0, 0.1) is 6.92 Å². The van der Waals surface area contributed by atoms with Gasteiger partial charge in [-0.3, -0.25) is 4.98 Å². The van der Waals surface area contributed by atoms with Gasteiger partial charge in [0.15, 0.2) is 0 Å². The molecule has 2 aromatic rings. The maximum atomic E-state index is 9.45. The normalized spacial score (nSPS) is 12.3. The second-order valence-electron chi connectivity index (χ2n) is 4.27. The fraction of sp³-hybridized carbons (Fsp3) is 0.267. The Bertz CT molecular complexity index is 485. The van der Waals surface area contributed by atoms with Gasteiger partial charge in [0, 0.05) is 18.4 Å². The molecule has 0 amide bonds. The second-order valence-corrected chi connectivity index (χ2v) is 4.27. The third kappa shape index (κ3) is 3.15. The highest BCUT2D eigenvalue weighted by atomic mass is 16.3. The van der Waals surface area contributed by atoms with E-state index in [9.17, 15) is 5.11 Å². The molecule has 0 radical (unpaired) electrons. The third-order valence-corrected chi connectivity index (χ3v) is 3.04. The molecule has 1 aromatic carbocycles. The summed E-state index contributed by atoms with van der Waals surface area (Å²) in [5.41, 5.74) is 3.28. The molecule has 0 aliphatic carbocycles. The van der Waals surface area contributed by atoms with Crippen LogP contribution in [0.4, 0.5) is 0 Å². The van der Waals surface area contributed by atoms with Gasteiger partial charge in [-0.25, -0.2) is 0 Å². The van der Waals surface area contributed by atoms with Gasteiger partial charge in [-0.2, -0.15) is 0 Å². The van der Waals surface area contributed by atoms with E-state index in [0.29, 0.717) is 6.54 Å². The molecular weight excluding hydrogens is 224 g/mol. The lowest BCUT2D eigenvalue weighted by atomic mass is 10.1. The number of rotatable bonds is 5. The number of aromatic nitrogens is 1. The van der Waals surface area contributed by atoms with Crippen molar-refractivity contribution in [3.8, 4) is 0 Å². The summed E-state index contributed by atoms with van der Waals surface area (Å²) in [6, 6.07) is 13.9. The largest absolute Gasteiger partial charge is 0.394 e. The van der Waals surface area contributed by atoms with Crippen LogP contribution in [0.1, 0.15) is 22.9 Å². The Morgan fingerprint density at radius 1 is 1.17 bits per heavy atom. The summed E-state index contributed by atoms with van der Waals surface area (Å²) in [6.45, 7) is 2.79. The first kappa shape index (κ1) is 12.7. The van der Waals surface area contributed by atoms with Crippen LogP contribution < -0.4 is 5.32 Å². The average molecular weight is 242 g/mol. The average Bonchev–Trinajstić information content (AvgIpc) is 2.42. The van der Waals surface area contributed by atoms with Crippen LogP contribution in [-0.2, 0) is 6.54 Å². The van der Waals surface area contributed by atoms with E-state index in [1.807, 2.05) is 43.3 Å². The molecule has 0 fully saturated rings. The maximum absolute atomic E-state index is 9.45. The number of aliphatic hydroxyl groups excluding tert-OH is 1. The number of hydrogen-bond donors (Lipinski definition) is 2. The van der Waals surface area contributed by atoms with Gasteiger partial charge in [-0.15, -0.1) is 0 Å². The van der Waals surface area contributed by atoms with Gasteiger partial charge in [0.05, 0.1) is 12.6 Å². The molecule has 3 nitrogen and oxygen atoms in total. The monoisotopic (exact) mass is 242 g/mol. The Kier molecular flexibility index (Phi) is 4.45. The summed E-state index contributed by atoms with van der Waals surface area (Å²) < 4.78 is 0. The van der Waals surface area contributed by atoms with E-state index in [4.69, 9.17) is 0 Å². The van der Waals surface area contributed by atoms with E-state index in [1.54, 1.807) is 6.20 Å². The van der Waals surface area contributed by atoms with E-state index < -0.39 is 0 Å². The van der Waals surface area contributed by atoms with Crippen molar-refractivity contribution in [1.82, 2.24) is 10.3 Å². The van der Waals surface area contributed by atoms with Gasteiger partial charge < -0.3 is 10.4 Å². The summed E-state index contributed by atoms with van der Waals surface area (Å²) in [5, 5.41) is 12.8. The molecule has 1 atom stereocenters. The molecule has 18 heavy (non-hydrogen) atoms. The fourth-order valence-corrected chi connectivity index (χ4v) is 1.91. The van der Waals surface area contributed by atoms with Gasteiger partial charge in [-0.05, 0) is 24.1 Å². The van der Waals surface area contributed by atoms with Crippen LogP contribution in [0.15, 0.2) is 48.7 Å². The second kappa shape index (κ2) is 6.28. The van der Waals surface area contributed by atoms with Crippen molar-refractivity contribution in [2.24, 2.45) is 0 Å². The van der Waals surface area contributed by atoms with E-state index in [2.05, 4.69) is 16.4 Å². The van der Waals surface area contributed by atoms with Gasteiger partial charge in [-0.1, -0.05) is 36.4 Å². The van der Waals surface area contributed by atoms with Crippen LogP contribution in [-0.4, -0.2) is 16.7 Å². The molecule has 0 saturated heterocycles. The van der Waals surface area contributed by atoms with Crippen LogP contribution >= 0.6 is 0 Å². The topological polar surface area (TPSA) is 45.2 Å². The predicted molar refractivity (Wildman–Crippen MR) is 72.1 cm³/mol. The molecule has 3 heteroatoms. The summed E-state index contributed by atoms with van der Waals surface area (Å²) in [7, 11) is 0. The number of nitrogens with zero attached hydrogens (tertiary/aromatic N) is 1. The molecule has 0 spiro atoms. The van der Waals surface area contributed by atoms with Crippen LogP contribution in [0.3, 0.4) is 0 Å². The predicted octanol–water partition coefficient (Wildman–Crippen LogP) is 2.21. The third-order valence-electron chi connectivity index (χ3n) is 3.04. The van der Waals surface area contributed by atoms with E-state index in [-0.39, 0.29) is 12.6 Å². The summed E-state index contributed by atoms with van der Waals surface area (Å²) in [5.74, 6) is 0. The lowest BCUT2D eigenvalue weighted by Gasteiger charge is -2.17. The Labute approximate surface area is 108 Å². The van der Waals surface area contributed by atoms with Gasteiger partial charge in [0.25, 0.3) is 0 Å². The highest BCUT2D eigenvalue weighted by molar-refractivity contribution is 5.21. The fourth-order valence-electron chi connectivity index (χ4n) is 1.91. The zero-order chi connectivity index (χ0) is 12.8. The van der Waals surface area contributed by atoms with Crippen molar-refractivity contribution in [3.05, 3.63) is 65.5 Å². The van der Waals surface area contributed by atoms with Gasteiger partial charge >= 0.3 is 0 Å². The van der Waals surface area contributed by atoms with E-state index in [0.717, 1.165) is 16.8 Å². The lowest BCUT2D eigenvalue weighted by molar-refractivity contribution is 0.243. The highest BCUT2D eigenvalue weighted by Crippen LogP contribution is 2.13. The quantitative estimate of drug-likeness (QED) is 0.845. The zero-order valence-corrected chi connectivity index (χ0v) is 10.5.